The summed E-state index contributed by atoms with van der Waals surface area (Å²) in [5, 5.41) is 5.54. The van der Waals surface area contributed by atoms with Crippen LogP contribution in [0.2, 0.25) is 0 Å². The first-order valence-electron chi connectivity index (χ1n) is 6.81. The second-order valence-electron chi connectivity index (χ2n) is 4.88. The molecule has 1 aliphatic rings. The van der Waals surface area contributed by atoms with Crippen LogP contribution in [0.15, 0.2) is 29.9 Å². The number of hydrogen-bond acceptors (Lipinski definition) is 4. The zero-order valence-electron chi connectivity index (χ0n) is 11.4. The van der Waals surface area contributed by atoms with Gasteiger partial charge >= 0.3 is 0 Å². The molecule has 0 spiro atoms. The number of rotatable bonds is 3. The van der Waals surface area contributed by atoms with Crippen LogP contribution in [-0.2, 0) is 6.42 Å². The molecule has 1 aliphatic heterocycles. The van der Waals surface area contributed by atoms with Crippen LogP contribution in [0.3, 0.4) is 0 Å². The maximum atomic E-state index is 4.35. The Labute approximate surface area is 118 Å². The van der Waals surface area contributed by atoms with Crippen molar-refractivity contribution in [3.63, 3.8) is 0 Å². The van der Waals surface area contributed by atoms with Crippen LogP contribution >= 0.6 is 11.3 Å². The van der Waals surface area contributed by atoms with Gasteiger partial charge in [0, 0.05) is 18.0 Å². The summed E-state index contributed by atoms with van der Waals surface area (Å²) in [4.78, 5) is 8.34. The second kappa shape index (κ2) is 5.21. The first kappa shape index (κ1) is 12.5. The zero-order valence-corrected chi connectivity index (χ0v) is 12.2. The molecule has 1 atom stereocenters. The van der Waals surface area contributed by atoms with Crippen molar-refractivity contribution in [3.8, 4) is 0 Å². The van der Waals surface area contributed by atoms with Crippen LogP contribution in [0, 0.1) is 0 Å². The van der Waals surface area contributed by atoms with Crippen molar-refractivity contribution in [1.29, 1.82) is 0 Å². The summed E-state index contributed by atoms with van der Waals surface area (Å²) in [7, 11) is 0. The van der Waals surface area contributed by atoms with Crippen LogP contribution in [-0.4, -0.2) is 18.1 Å². The predicted octanol–water partition coefficient (Wildman–Crippen LogP) is 3.70. The maximum absolute atomic E-state index is 4.35. The number of nitrogens with one attached hydrogen (secondary N) is 1. The summed E-state index contributed by atoms with van der Waals surface area (Å²) in [6.07, 6.45) is 5.00. The number of pyridine rings is 1. The summed E-state index contributed by atoms with van der Waals surface area (Å²) in [6, 6.07) is 4.90. The van der Waals surface area contributed by atoms with E-state index in [-0.39, 0.29) is 0 Å². The molecule has 0 aliphatic carbocycles. The number of hydrogen-bond donors (Lipinski definition) is 1. The van der Waals surface area contributed by atoms with Gasteiger partial charge in [0.1, 0.15) is 0 Å². The van der Waals surface area contributed by atoms with Gasteiger partial charge in [-0.25, -0.2) is 0 Å². The van der Waals surface area contributed by atoms with Gasteiger partial charge in [0.05, 0.1) is 29.8 Å². The average Bonchev–Trinajstić information content (AvgIpc) is 2.89. The molecule has 0 saturated heterocycles. The fourth-order valence-electron chi connectivity index (χ4n) is 2.75. The van der Waals surface area contributed by atoms with E-state index in [1.54, 1.807) is 4.88 Å². The molecule has 3 nitrogen and oxygen atoms in total. The summed E-state index contributed by atoms with van der Waals surface area (Å²) in [5.41, 5.74) is 3.79. The molecule has 2 aromatic heterocycles. The summed E-state index contributed by atoms with van der Waals surface area (Å²) < 4.78 is 0. The largest absolute Gasteiger partial charge is 0.384 e. The molecule has 2 aromatic rings. The second-order valence-corrected chi connectivity index (χ2v) is 5.88. The van der Waals surface area contributed by atoms with Gasteiger partial charge in [-0.3, -0.25) is 4.98 Å². The highest BCUT2D eigenvalue weighted by atomic mass is 32.1. The predicted molar refractivity (Wildman–Crippen MR) is 82.2 cm³/mol. The Balaban J connectivity index is 1.89. The van der Waals surface area contributed by atoms with E-state index >= 15 is 0 Å². The number of aromatic nitrogens is 1. The maximum Gasteiger partial charge on any atom is 0.0578 e. The topological polar surface area (TPSA) is 28.2 Å². The Morgan fingerprint density at radius 1 is 1.47 bits per heavy atom. The molecule has 0 bridgehead atoms. The van der Waals surface area contributed by atoms with E-state index in [9.17, 15) is 0 Å². The molecule has 1 N–H and O–H groups in total. The lowest BCUT2D eigenvalue weighted by molar-refractivity contribution is 0.632. The molecule has 1 unspecified atom stereocenters. The van der Waals surface area contributed by atoms with Gasteiger partial charge in [0.15, 0.2) is 0 Å². The Bertz CT molecular complexity index is 564. The van der Waals surface area contributed by atoms with E-state index in [1.807, 2.05) is 23.7 Å². The molecule has 0 radical (unpaired) electrons. The standard InChI is InChI=1S/C15H19N3S/c1-3-17-12-8-13(10-16-9-12)18-6-4-15-14(11(18)2)5-7-19-15/h5,7-11,17H,3-4,6H2,1-2H3. The van der Waals surface area contributed by atoms with Gasteiger partial charge < -0.3 is 10.2 Å². The minimum absolute atomic E-state index is 0.439. The minimum Gasteiger partial charge on any atom is -0.384 e. The Hall–Kier alpha value is -1.55. The van der Waals surface area contributed by atoms with E-state index in [4.69, 9.17) is 0 Å². The molecule has 19 heavy (non-hydrogen) atoms. The number of anilines is 2. The number of thiophene rings is 1. The Morgan fingerprint density at radius 3 is 3.21 bits per heavy atom. The average molecular weight is 273 g/mol. The lowest BCUT2D eigenvalue weighted by Gasteiger charge is -2.35. The fraction of sp³-hybridized carbons (Fsp3) is 0.400. The van der Waals surface area contributed by atoms with Gasteiger partial charge in [-0.2, -0.15) is 0 Å². The molecule has 4 heteroatoms. The highest BCUT2D eigenvalue weighted by Gasteiger charge is 2.25. The molecule has 0 amide bonds. The lowest BCUT2D eigenvalue weighted by atomic mass is 10.0. The van der Waals surface area contributed by atoms with Crippen LogP contribution < -0.4 is 10.2 Å². The molecular formula is C15H19N3S. The Morgan fingerprint density at radius 2 is 2.37 bits per heavy atom. The van der Waals surface area contributed by atoms with Gasteiger partial charge in [0.25, 0.3) is 0 Å². The van der Waals surface area contributed by atoms with E-state index in [1.165, 1.54) is 11.3 Å². The quantitative estimate of drug-likeness (QED) is 0.924. The first-order valence-corrected chi connectivity index (χ1v) is 7.69. The monoisotopic (exact) mass is 273 g/mol. The third-order valence-corrected chi connectivity index (χ3v) is 4.71. The zero-order chi connectivity index (χ0) is 13.2. The van der Waals surface area contributed by atoms with E-state index in [2.05, 4.69) is 46.6 Å². The highest BCUT2D eigenvalue weighted by molar-refractivity contribution is 7.10. The van der Waals surface area contributed by atoms with Crippen molar-refractivity contribution >= 4 is 22.7 Å². The van der Waals surface area contributed by atoms with Crippen LogP contribution in [0.4, 0.5) is 11.4 Å². The fourth-order valence-corrected chi connectivity index (χ4v) is 3.71. The Kier molecular flexibility index (Phi) is 3.42. The van der Waals surface area contributed by atoms with Crippen molar-refractivity contribution in [2.24, 2.45) is 0 Å². The van der Waals surface area contributed by atoms with Crippen LogP contribution in [0.1, 0.15) is 30.3 Å². The summed E-state index contributed by atoms with van der Waals surface area (Å²) >= 11 is 1.88. The van der Waals surface area contributed by atoms with Crippen LogP contribution in [0.25, 0.3) is 0 Å². The number of fused-ring (bicyclic) bond motifs is 1. The third kappa shape index (κ3) is 2.32. The van der Waals surface area contributed by atoms with Crippen molar-refractivity contribution < 1.29 is 0 Å². The van der Waals surface area contributed by atoms with Crippen molar-refractivity contribution in [1.82, 2.24) is 4.98 Å². The van der Waals surface area contributed by atoms with E-state index in [0.29, 0.717) is 6.04 Å². The smallest absolute Gasteiger partial charge is 0.0578 e. The van der Waals surface area contributed by atoms with Crippen molar-refractivity contribution in [2.75, 3.05) is 23.3 Å². The molecule has 3 rings (SSSR count). The first-order chi connectivity index (χ1) is 9.29. The van der Waals surface area contributed by atoms with Crippen LogP contribution in [0.5, 0.6) is 0 Å². The van der Waals surface area contributed by atoms with Gasteiger partial charge in [-0.1, -0.05) is 0 Å². The van der Waals surface area contributed by atoms with Gasteiger partial charge in [-0.05, 0) is 43.3 Å². The SMILES string of the molecule is CCNc1cncc(N2CCc3sccc3C2C)c1. The summed E-state index contributed by atoms with van der Waals surface area (Å²) in [5.74, 6) is 0. The van der Waals surface area contributed by atoms with Crippen molar-refractivity contribution in [2.45, 2.75) is 26.3 Å². The van der Waals surface area contributed by atoms with Crippen molar-refractivity contribution in [3.05, 3.63) is 40.3 Å². The van der Waals surface area contributed by atoms with E-state index < -0.39 is 0 Å². The minimum atomic E-state index is 0.439. The summed E-state index contributed by atoms with van der Waals surface area (Å²) in [6.45, 7) is 6.39. The molecular weight excluding hydrogens is 254 g/mol. The number of nitrogens with zero attached hydrogens (tertiary/aromatic N) is 2. The molecule has 3 heterocycles. The third-order valence-electron chi connectivity index (χ3n) is 3.71. The molecule has 0 fully saturated rings. The van der Waals surface area contributed by atoms with Gasteiger partial charge in [0.2, 0.25) is 0 Å². The normalized spacial score (nSPS) is 18.2. The molecule has 0 aromatic carbocycles. The molecule has 0 saturated carbocycles. The van der Waals surface area contributed by atoms with E-state index in [0.717, 1.165) is 25.2 Å². The lowest BCUT2D eigenvalue weighted by Crippen LogP contribution is -2.33. The van der Waals surface area contributed by atoms with Gasteiger partial charge in [-0.15, -0.1) is 11.3 Å². The molecule has 100 valence electrons. The highest BCUT2D eigenvalue weighted by Crippen LogP contribution is 2.36.